The molecule has 0 fully saturated rings. The number of rotatable bonds is 38. The van der Waals surface area contributed by atoms with Gasteiger partial charge in [0.05, 0.1) is 31.9 Å². The Bertz CT molecular complexity index is 621. The zero-order valence-corrected chi connectivity index (χ0v) is 32.1. The fourth-order valence-corrected chi connectivity index (χ4v) is 7.78. The summed E-state index contributed by atoms with van der Waals surface area (Å²) in [5, 5.41) is 0. The molecule has 0 heterocycles. The van der Waals surface area contributed by atoms with Gasteiger partial charge in [-0.05, 0) is 51.4 Å². The van der Waals surface area contributed by atoms with Gasteiger partial charge in [0, 0.05) is 0 Å². The monoisotopic (exact) mass is 659 g/mol. The van der Waals surface area contributed by atoms with Gasteiger partial charge in [-0.1, -0.05) is 175 Å². The standard InChI is InChI=1S/C40H83NO3S/c1-4-7-10-13-16-19-22-25-28-31-36-41(39-34-35-40-45(42,43)44,37-32-29-26-23-20-17-14-11-8-5-2)38-33-30-27-24-21-18-15-12-9-6-3/h4-40H2,1-3H3/p+1. The molecule has 0 aromatic heterocycles. The summed E-state index contributed by atoms with van der Waals surface area (Å²) in [5.41, 5.74) is 0. The van der Waals surface area contributed by atoms with Crippen LogP contribution in [0.1, 0.15) is 226 Å². The van der Waals surface area contributed by atoms with Crippen molar-refractivity contribution in [2.24, 2.45) is 0 Å². The van der Waals surface area contributed by atoms with Crippen LogP contribution in [-0.4, -0.2) is 49.4 Å². The van der Waals surface area contributed by atoms with E-state index in [9.17, 15) is 13.0 Å². The van der Waals surface area contributed by atoms with Gasteiger partial charge in [-0.15, -0.1) is 0 Å². The maximum atomic E-state index is 11.4. The second kappa shape index (κ2) is 33.8. The van der Waals surface area contributed by atoms with E-state index in [0.29, 0.717) is 6.42 Å². The van der Waals surface area contributed by atoms with Gasteiger partial charge in [-0.25, -0.2) is 0 Å². The summed E-state index contributed by atoms with van der Waals surface area (Å²) in [6, 6.07) is 0. The van der Waals surface area contributed by atoms with E-state index < -0.39 is 10.1 Å². The number of hydrogen-bond acceptors (Lipinski definition) is 2. The number of unbranched alkanes of at least 4 members (excludes halogenated alkanes) is 28. The Hall–Kier alpha value is -0.130. The number of quaternary nitrogens is 1. The van der Waals surface area contributed by atoms with Gasteiger partial charge in [0.25, 0.3) is 10.1 Å². The second-order valence-corrected chi connectivity index (χ2v) is 16.3. The van der Waals surface area contributed by atoms with Crippen molar-refractivity contribution in [2.45, 2.75) is 226 Å². The summed E-state index contributed by atoms with van der Waals surface area (Å²) in [7, 11) is -3.86. The molecular formula is C40H84NO3S+. The molecule has 0 saturated heterocycles. The molecule has 4 nitrogen and oxygen atoms in total. The highest BCUT2D eigenvalue weighted by molar-refractivity contribution is 7.85. The van der Waals surface area contributed by atoms with Gasteiger partial charge >= 0.3 is 0 Å². The van der Waals surface area contributed by atoms with Crippen molar-refractivity contribution in [2.75, 3.05) is 31.9 Å². The Morgan fingerprint density at radius 2 is 0.533 bits per heavy atom. The van der Waals surface area contributed by atoms with Crippen LogP contribution in [0.4, 0.5) is 0 Å². The van der Waals surface area contributed by atoms with Gasteiger partial charge < -0.3 is 4.48 Å². The summed E-state index contributed by atoms with van der Waals surface area (Å²) < 4.78 is 33.4. The molecule has 0 rings (SSSR count). The molecule has 1 N–H and O–H groups in total. The third-order valence-electron chi connectivity index (χ3n) is 10.2. The largest absolute Gasteiger partial charge is 0.324 e. The molecule has 272 valence electrons. The normalized spacial score (nSPS) is 12.4. The van der Waals surface area contributed by atoms with E-state index in [2.05, 4.69) is 20.8 Å². The second-order valence-electron chi connectivity index (χ2n) is 14.8. The molecule has 0 aliphatic carbocycles. The predicted octanol–water partition coefficient (Wildman–Crippen LogP) is 13.2. The Balaban J connectivity index is 4.85. The lowest BCUT2D eigenvalue weighted by molar-refractivity contribution is -0.929. The van der Waals surface area contributed by atoms with E-state index in [1.54, 1.807) is 0 Å². The van der Waals surface area contributed by atoms with E-state index in [1.165, 1.54) is 217 Å². The Morgan fingerprint density at radius 3 is 0.756 bits per heavy atom. The lowest BCUT2D eigenvalue weighted by atomic mass is 10.0. The van der Waals surface area contributed by atoms with Crippen LogP contribution >= 0.6 is 0 Å². The van der Waals surface area contributed by atoms with Crippen LogP contribution in [0.5, 0.6) is 0 Å². The first-order valence-corrected chi connectivity index (χ1v) is 22.3. The van der Waals surface area contributed by atoms with Crippen LogP contribution in [0.25, 0.3) is 0 Å². The van der Waals surface area contributed by atoms with E-state index in [-0.39, 0.29) is 5.75 Å². The van der Waals surface area contributed by atoms with Crippen molar-refractivity contribution in [3.63, 3.8) is 0 Å². The maximum absolute atomic E-state index is 11.4. The molecule has 0 aromatic carbocycles. The zero-order valence-electron chi connectivity index (χ0n) is 31.3. The highest BCUT2D eigenvalue weighted by Crippen LogP contribution is 2.21. The average Bonchev–Trinajstić information content (AvgIpc) is 3.01. The zero-order chi connectivity index (χ0) is 33.2. The molecule has 0 saturated carbocycles. The van der Waals surface area contributed by atoms with Crippen molar-refractivity contribution in [3.8, 4) is 0 Å². The van der Waals surface area contributed by atoms with Crippen molar-refractivity contribution in [1.82, 2.24) is 0 Å². The molecule has 0 aliphatic rings. The van der Waals surface area contributed by atoms with Crippen molar-refractivity contribution >= 4 is 10.1 Å². The summed E-state index contributed by atoms with van der Waals surface area (Å²) >= 11 is 0. The molecule has 0 unspecified atom stereocenters. The highest BCUT2D eigenvalue weighted by atomic mass is 32.2. The smallest absolute Gasteiger partial charge is 0.264 e. The summed E-state index contributed by atoms with van der Waals surface area (Å²) in [6.45, 7) is 11.7. The quantitative estimate of drug-likeness (QED) is 0.0408. The van der Waals surface area contributed by atoms with E-state index in [0.717, 1.165) is 13.0 Å². The van der Waals surface area contributed by atoms with Gasteiger partial charge in [-0.2, -0.15) is 8.42 Å². The first-order chi connectivity index (χ1) is 21.9. The van der Waals surface area contributed by atoms with Crippen molar-refractivity contribution in [3.05, 3.63) is 0 Å². The van der Waals surface area contributed by atoms with Crippen molar-refractivity contribution in [1.29, 1.82) is 0 Å². The summed E-state index contributed by atoms with van der Waals surface area (Å²) in [5.74, 6) is -0.0816. The molecule has 0 amide bonds. The first-order valence-electron chi connectivity index (χ1n) is 20.7. The molecule has 0 aliphatic heterocycles. The molecule has 0 atom stereocenters. The third-order valence-corrected chi connectivity index (χ3v) is 11.0. The highest BCUT2D eigenvalue weighted by Gasteiger charge is 2.26. The van der Waals surface area contributed by atoms with Crippen LogP contribution in [0.2, 0.25) is 0 Å². The topological polar surface area (TPSA) is 54.4 Å². The lowest BCUT2D eigenvalue weighted by Gasteiger charge is -2.39. The van der Waals surface area contributed by atoms with Gasteiger partial charge in [0.15, 0.2) is 0 Å². The Morgan fingerprint density at radius 1 is 0.333 bits per heavy atom. The van der Waals surface area contributed by atoms with E-state index in [4.69, 9.17) is 0 Å². The Labute approximate surface area is 285 Å². The number of hydrogen-bond donors (Lipinski definition) is 1. The maximum Gasteiger partial charge on any atom is 0.264 e. The fourth-order valence-electron chi connectivity index (χ4n) is 7.21. The molecule has 45 heavy (non-hydrogen) atoms. The minimum Gasteiger partial charge on any atom is -0.324 e. The third kappa shape index (κ3) is 33.6. The summed E-state index contributed by atoms with van der Waals surface area (Å²) in [4.78, 5) is 0. The van der Waals surface area contributed by atoms with Gasteiger partial charge in [0.1, 0.15) is 0 Å². The fraction of sp³-hybridized carbons (Fsp3) is 1.00. The predicted molar refractivity (Wildman–Crippen MR) is 201 cm³/mol. The van der Waals surface area contributed by atoms with Gasteiger partial charge in [0.2, 0.25) is 0 Å². The molecule has 0 bridgehead atoms. The summed E-state index contributed by atoms with van der Waals surface area (Å²) in [6.07, 6.45) is 42.8. The molecule has 0 aromatic rings. The average molecular weight is 659 g/mol. The molecule has 0 spiro atoms. The van der Waals surface area contributed by atoms with Crippen LogP contribution in [-0.2, 0) is 10.1 Å². The molecule has 5 heteroatoms. The minimum atomic E-state index is -3.86. The molecule has 0 radical (unpaired) electrons. The SMILES string of the molecule is CCCCCCCCCCCC[N+](CCCCCCCCCCCC)(CCCCCCCCCCCC)CCCCS(=O)(=O)O. The van der Waals surface area contributed by atoms with E-state index >= 15 is 0 Å². The molecular weight excluding hydrogens is 575 g/mol. The van der Waals surface area contributed by atoms with Gasteiger partial charge in [-0.3, -0.25) is 4.55 Å². The van der Waals surface area contributed by atoms with Crippen molar-refractivity contribution < 1.29 is 17.5 Å². The lowest BCUT2D eigenvalue weighted by Crippen LogP contribution is -2.51. The van der Waals surface area contributed by atoms with Crippen LogP contribution in [0, 0.1) is 0 Å². The van der Waals surface area contributed by atoms with Crippen LogP contribution in [0.15, 0.2) is 0 Å². The van der Waals surface area contributed by atoms with Crippen LogP contribution < -0.4 is 0 Å². The van der Waals surface area contributed by atoms with Crippen LogP contribution in [0.3, 0.4) is 0 Å². The van der Waals surface area contributed by atoms with E-state index in [1.807, 2.05) is 0 Å². The first kappa shape index (κ1) is 44.9. The minimum absolute atomic E-state index is 0.0816. The number of nitrogens with zero attached hydrogens (tertiary/aromatic N) is 1. The Kier molecular flexibility index (Phi) is 33.7.